The van der Waals surface area contributed by atoms with Crippen molar-refractivity contribution in [1.82, 2.24) is 0 Å². The van der Waals surface area contributed by atoms with Crippen LogP contribution in [-0.2, 0) is 0 Å². The van der Waals surface area contributed by atoms with Gasteiger partial charge in [0.1, 0.15) is 11.9 Å². The molecule has 0 amide bonds. The number of allylic oxidation sites excluding steroid dienone is 2. The van der Waals surface area contributed by atoms with Crippen molar-refractivity contribution in [2.45, 2.75) is 11.6 Å². The summed E-state index contributed by atoms with van der Waals surface area (Å²) in [5, 5.41) is 4.31. The van der Waals surface area contributed by atoms with E-state index in [-0.39, 0.29) is 12.0 Å². The highest BCUT2D eigenvalue weighted by Gasteiger charge is 2.53. The predicted molar refractivity (Wildman–Crippen MR) is 139 cm³/mol. The molecule has 2 heteroatoms. The molecule has 0 saturated carbocycles. The minimum Gasteiger partial charge on any atom is -0.485 e. The van der Waals surface area contributed by atoms with E-state index in [4.69, 9.17) is 4.74 Å². The molecule has 6 rings (SSSR count). The first-order valence-electron chi connectivity index (χ1n) is 11.7. The van der Waals surface area contributed by atoms with Crippen LogP contribution in [0.4, 0.5) is 0 Å². The number of fused-ring (bicyclic) bond motifs is 2. The van der Waals surface area contributed by atoms with Crippen molar-refractivity contribution in [3.05, 3.63) is 145 Å². The smallest absolute Gasteiger partial charge is 0.156 e. The summed E-state index contributed by atoms with van der Waals surface area (Å²) in [4.78, 5) is 0. The Bertz CT molecular complexity index is 1200. The molecule has 0 aromatic heterocycles. The topological polar surface area (TPSA) is 9.23 Å². The first kappa shape index (κ1) is 20.0. The Labute approximate surface area is 196 Å². The molecule has 3 atom stereocenters. The van der Waals surface area contributed by atoms with E-state index in [9.17, 15) is 0 Å². The van der Waals surface area contributed by atoms with E-state index in [2.05, 4.69) is 140 Å². The van der Waals surface area contributed by atoms with Crippen molar-refractivity contribution in [2.75, 3.05) is 0 Å². The quantitative estimate of drug-likeness (QED) is 0.320. The Morgan fingerprint density at radius 3 is 1.58 bits per heavy atom. The van der Waals surface area contributed by atoms with E-state index in [1.54, 1.807) is 0 Å². The van der Waals surface area contributed by atoms with Gasteiger partial charge in [-0.25, -0.2) is 0 Å². The second-order valence-corrected chi connectivity index (χ2v) is 12.8. The van der Waals surface area contributed by atoms with Gasteiger partial charge in [0.05, 0.1) is 0 Å². The number of ether oxygens (including phenoxy) is 1. The van der Waals surface area contributed by atoms with Crippen LogP contribution in [0.2, 0.25) is 0 Å². The van der Waals surface area contributed by atoms with E-state index in [1.165, 1.54) is 21.1 Å². The number of para-hydroxylation sites is 1. The lowest BCUT2D eigenvalue weighted by Crippen LogP contribution is -2.73. The molecule has 0 fully saturated rings. The van der Waals surface area contributed by atoms with Gasteiger partial charge in [-0.2, -0.15) is 0 Å². The predicted octanol–water partition coefficient (Wildman–Crippen LogP) is 4.98. The SMILES string of the molecule is C1=C[C@@H]2[C@H](C=C1)Oc1ccccc1[C@H]2[Si](c1ccccc1)(c1ccccc1)c1ccccc1. The number of rotatable bonds is 4. The lowest BCUT2D eigenvalue weighted by Gasteiger charge is -2.48. The third-order valence-corrected chi connectivity index (χ3v) is 12.5. The molecule has 1 aliphatic heterocycles. The van der Waals surface area contributed by atoms with E-state index >= 15 is 0 Å². The van der Waals surface area contributed by atoms with Crippen molar-refractivity contribution in [3.8, 4) is 5.75 Å². The molecule has 1 aliphatic carbocycles. The van der Waals surface area contributed by atoms with Crippen molar-refractivity contribution < 1.29 is 4.74 Å². The lowest BCUT2D eigenvalue weighted by atomic mass is 9.87. The number of hydrogen-bond donors (Lipinski definition) is 0. The first-order valence-corrected chi connectivity index (χ1v) is 13.7. The van der Waals surface area contributed by atoms with Gasteiger partial charge in [-0.1, -0.05) is 127 Å². The zero-order valence-electron chi connectivity index (χ0n) is 18.4. The Morgan fingerprint density at radius 1 is 0.515 bits per heavy atom. The lowest BCUT2D eigenvalue weighted by molar-refractivity contribution is 0.173. The molecule has 4 aromatic rings. The Kier molecular flexibility index (Phi) is 5.08. The fourth-order valence-corrected chi connectivity index (χ4v) is 11.7. The Balaban J connectivity index is 1.75. The van der Waals surface area contributed by atoms with Crippen molar-refractivity contribution >= 4 is 23.6 Å². The average Bonchev–Trinajstić information content (AvgIpc) is 2.90. The number of benzene rings is 4. The highest BCUT2D eigenvalue weighted by atomic mass is 28.3. The molecule has 0 radical (unpaired) electrons. The number of hydrogen-bond acceptors (Lipinski definition) is 1. The maximum atomic E-state index is 6.55. The average molecular weight is 443 g/mol. The summed E-state index contributed by atoms with van der Waals surface area (Å²) in [7, 11) is -2.55. The molecular weight excluding hydrogens is 416 g/mol. The molecule has 2 aliphatic rings. The van der Waals surface area contributed by atoms with Gasteiger partial charge in [0.2, 0.25) is 0 Å². The van der Waals surface area contributed by atoms with Crippen LogP contribution in [0.1, 0.15) is 11.1 Å². The van der Waals surface area contributed by atoms with Crippen molar-refractivity contribution in [2.24, 2.45) is 5.92 Å². The van der Waals surface area contributed by atoms with Gasteiger partial charge in [-0.05, 0) is 33.3 Å². The summed E-state index contributed by atoms with van der Waals surface area (Å²) < 4.78 is 6.55. The van der Waals surface area contributed by atoms with Crippen LogP contribution in [0.15, 0.2) is 140 Å². The molecular formula is C31H26OSi. The normalized spacial score (nSPS) is 21.0. The molecule has 1 nitrogen and oxygen atoms in total. The van der Waals surface area contributed by atoms with E-state index < -0.39 is 8.07 Å². The van der Waals surface area contributed by atoms with Crippen LogP contribution in [-0.4, -0.2) is 14.2 Å². The van der Waals surface area contributed by atoms with Gasteiger partial charge in [-0.15, -0.1) is 0 Å². The van der Waals surface area contributed by atoms with Gasteiger partial charge in [0.15, 0.2) is 8.07 Å². The molecule has 1 heterocycles. The molecule has 33 heavy (non-hydrogen) atoms. The largest absolute Gasteiger partial charge is 0.485 e. The van der Waals surface area contributed by atoms with Crippen LogP contribution in [0.5, 0.6) is 5.75 Å². The summed E-state index contributed by atoms with van der Waals surface area (Å²) >= 11 is 0. The highest BCUT2D eigenvalue weighted by Crippen LogP contribution is 2.46. The van der Waals surface area contributed by atoms with Crippen LogP contribution in [0, 0.1) is 5.92 Å². The molecule has 0 N–H and O–H groups in total. The van der Waals surface area contributed by atoms with Crippen LogP contribution < -0.4 is 20.3 Å². The van der Waals surface area contributed by atoms with Crippen molar-refractivity contribution in [1.29, 1.82) is 0 Å². The zero-order valence-corrected chi connectivity index (χ0v) is 19.4. The molecule has 160 valence electrons. The third kappa shape index (κ3) is 3.21. The summed E-state index contributed by atoms with van der Waals surface area (Å²) in [6.07, 6.45) is 8.97. The molecule has 4 aromatic carbocycles. The third-order valence-electron chi connectivity index (χ3n) is 7.18. The Hall–Kier alpha value is -3.62. The summed E-state index contributed by atoms with van der Waals surface area (Å²) in [5.74, 6) is 1.28. The summed E-state index contributed by atoms with van der Waals surface area (Å²) in [6.45, 7) is 0. The second kappa shape index (κ2) is 8.38. The highest BCUT2D eigenvalue weighted by molar-refractivity contribution is 7.12. The van der Waals surface area contributed by atoms with Crippen LogP contribution in [0.3, 0.4) is 0 Å². The van der Waals surface area contributed by atoms with Crippen molar-refractivity contribution in [3.63, 3.8) is 0 Å². The summed E-state index contributed by atoms with van der Waals surface area (Å²) in [5.41, 5.74) is 1.61. The van der Waals surface area contributed by atoms with Crippen LogP contribution in [0.25, 0.3) is 0 Å². The maximum Gasteiger partial charge on any atom is 0.156 e. The zero-order chi connectivity index (χ0) is 22.1. The monoisotopic (exact) mass is 442 g/mol. The second-order valence-electron chi connectivity index (χ2n) is 8.85. The van der Waals surface area contributed by atoms with Crippen LogP contribution >= 0.6 is 0 Å². The van der Waals surface area contributed by atoms with Gasteiger partial charge in [0.25, 0.3) is 0 Å². The van der Waals surface area contributed by atoms with Gasteiger partial charge < -0.3 is 4.74 Å². The van der Waals surface area contributed by atoms with E-state index in [0.717, 1.165) is 5.75 Å². The fourth-order valence-electron chi connectivity index (χ4n) is 5.89. The fraction of sp³-hybridized carbons (Fsp3) is 0.0968. The standard InChI is InChI=1S/C31H26OSi/c1-4-14-24(15-5-1)33(25-16-6-2-7-17-25,26-18-8-3-9-19-26)31-27-20-10-12-22-29(27)32-30-23-13-11-21-28(30)31/h1-23,27,29,31H/t27-,29+,31+/m1/s1. The van der Waals surface area contributed by atoms with E-state index in [1.807, 2.05) is 0 Å². The minimum absolute atomic E-state index is 0.0397. The molecule has 0 unspecified atom stereocenters. The molecule has 0 saturated heterocycles. The molecule has 0 bridgehead atoms. The first-order chi connectivity index (χ1) is 16.4. The van der Waals surface area contributed by atoms with Gasteiger partial charge >= 0.3 is 0 Å². The van der Waals surface area contributed by atoms with Gasteiger partial charge in [0, 0.05) is 11.5 Å². The minimum atomic E-state index is -2.55. The Morgan fingerprint density at radius 2 is 1.00 bits per heavy atom. The maximum absolute atomic E-state index is 6.55. The van der Waals surface area contributed by atoms with Gasteiger partial charge in [-0.3, -0.25) is 0 Å². The molecule has 0 spiro atoms. The summed E-state index contributed by atoms with van der Waals surface area (Å²) in [6, 6.07) is 42.3. The van der Waals surface area contributed by atoms with E-state index in [0.29, 0.717) is 5.54 Å².